The van der Waals surface area contributed by atoms with Crippen molar-refractivity contribution in [2.45, 2.75) is 13.3 Å². The van der Waals surface area contributed by atoms with Crippen molar-refractivity contribution < 1.29 is 14.7 Å². The summed E-state index contributed by atoms with van der Waals surface area (Å²) in [6, 6.07) is 0. The van der Waals surface area contributed by atoms with Gasteiger partial charge in [-0.25, -0.2) is 4.79 Å². The van der Waals surface area contributed by atoms with Gasteiger partial charge in [0.2, 0.25) is 5.78 Å². The summed E-state index contributed by atoms with van der Waals surface area (Å²) in [4.78, 5) is 20.5. The van der Waals surface area contributed by atoms with Gasteiger partial charge in [-0.2, -0.15) is 0 Å². The molecule has 0 fully saturated rings. The number of ketones is 1. The first-order valence-electron chi connectivity index (χ1n) is 3.15. The summed E-state index contributed by atoms with van der Waals surface area (Å²) in [6.07, 6.45) is -0.615. The SMILES string of the molecule is CCC#CC(=O)CNC(=O)O. The molecule has 0 aromatic carbocycles. The van der Waals surface area contributed by atoms with Crippen molar-refractivity contribution in [2.75, 3.05) is 6.54 Å². The summed E-state index contributed by atoms with van der Waals surface area (Å²) in [5, 5.41) is 10.00. The molecular formula is C7H9NO3. The van der Waals surface area contributed by atoms with E-state index in [1.54, 1.807) is 0 Å². The Labute approximate surface area is 64.6 Å². The smallest absolute Gasteiger partial charge is 0.405 e. The fourth-order valence-corrected chi connectivity index (χ4v) is 0.387. The number of nitrogens with one attached hydrogen (secondary N) is 1. The van der Waals surface area contributed by atoms with Gasteiger partial charge in [0.15, 0.2) is 0 Å². The van der Waals surface area contributed by atoms with Crippen molar-refractivity contribution >= 4 is 11.9 Å². The van der Waals surface area contributed by atoms with E-state index in [1.807, 2.05) is 12.2 Å². The molecule has 4 nitrogen and oxygen atoms in total. The molecule has 0 unspecified atom stereocenters. The van der Waals surface area contributed by atoms with Crippen LogP contribution in [0.1, 0.15) is 13.3 Å². The second-order valence-corrected chi connectivity index (χ2v) is 1.74. The number of Topliss-reactive ketones (excluding diaryl/α,β-unsaturated/α-hetero) is 1. The molecule has 0 atom stereocenters. The van der Waals surface area contributed by atoms with E-state index in [2.05, 4.69) is 11.8 Å². The van der Waals surface area contributed by atoms with E-state index < -0.39 is 11.9 Å². The molecule has 0 aromatic rings. The Balaban J connectivity index is 3.62. The summed E-state index contributed by atoms with van der Waals surface area (Å²) in [5.74, 6) is 4.40. The summed E-state index contributed by atoms with van der Waals surface area (Å²) >= 11 is 0. The van der Waals surface area contributed by atoms with Crippen molar-refractivity contribution in [3.05, 3.63) is 0 Å². The molecular weight excluding hydrogens is 146 g/mol. The minimum atomic E-state index is -1.21. The maximum Gasteiger partial charge on any atom is 0.405 e. The van der Waals surface area contributed by atoms with Crippen LogP contribution in [0.25, 0.3) is 0 Å². The third kappa shape index (κ3) is 6.38. The molecule has 0 rings (SSSR count). The summed E-state index contributed by atoms with van der Waals surface area (Å²) in [7, 11) is 0. The number of rotatable bonds is 2. The van der Waals surface area contributed by atoms with Crippen LogP contribution in [0, 0.1) is 11.8 Å². The maximum absolute atomic E-state index is 10.6. The van der Waals surface area contributed by atoms with Crippen LogP contribution in [0.3, 0.4) is 0 Å². The largest absolute Gasteiger partial charge is 0.465 e. The van der Waals surface area contributed by atoms with Gasteiger partial charge in [-0.1, -0.05) is 12.8 Å². The minimum absolute atomic E-state index is 0.234. The fraction of sp³-hybridized carbons (Fsp3) is 0.429. The third-order valence-corrected chi connectivity index (χ3v) is 0.805. The van der Waals surface area contributed by atoms with E-state index in [4.69, 9.17) is 5.11 Å². The Kier molecular flexibility index (Phi) is 4.58. The number of hydrogen-bond donors (Lipinski definition) is 2. The van der Waals surface area contributed by atoms with Gasteiger partial charge in [-0.05, 0) is 5.92 Å². The average Bonchev–Trinajstić information content (AvgIpc) is 1.97. The topological polar surface area (TPSA) is 66.4 Å². The molecule has 0 saturated heterocycles. The van der Waals surface area contributed by atoms with Gasteiger partial charge in [-0.15, -0.1) is 0 Å². The van der Waals surface area contributed by atoms with Gasteiger partial charge in [0.25, 0.3) is 0 Å². The van der Waals surface area contributed by atoms with E-state index in [1.165, 1.54) is 0 Å². The molecule has 0 aliphatic rings. The Morgan fingerprint density at radius 1 is 1.55 bits per heavy atom. The zero-order valence-corrected chi connectivity index (χ0v) is 6.18. The highest BCUT2D eigenvalue weighted by molar-refractivity contribution is 5.98. The summed E-state index contributed by atoms with van der Waals surface area (Å²) in [6.45, 7) is 1.58. The lowest BCUT2D eigenvalue weighted by molar-refractivity contribution is -0.113. The first-order chi connectivity index (χ1) is 5.16. The second kappa shape index (κ2) is 5.30. The van der Waals surface area contributed by atoms with E-state index in [0.29, 0.717) is 6.42 Å². The van der Waals surface area contributed by atoms with Gasteiger partial charge in [0.05, 0.1) is 6.54 Å². The van der Waals surface area contributed by atoms with Gasteiger partial charge in [0, 0.05) is 6.42 Å². The van der Waals surface area contributed by atoms with E-state index in [-0.39, 0.29) is 6.54 Å². The summed E-state index contributed by atoms with van der Waals surface area (Å²) in [5.41, 5.74) is 0. The summed E-state index contributed by atoms with van der Waals surface area (Å²) < 4.78 is 0. The Bertz CT molecular complexity index is 211. The highest BCUT2D eigenvalue weighted by Crippen LogP contribution is 1.70. The molecule has 0 aromatic heterocycles. The average molecular weight is 155 g/mol. The molecule has 0 bridgehead atoms. The molecule has 0 aliphatic carbocycles. The molecule has 0 heterocycles. The van der Waals surface area contributed by atoms with E-state index in [9.17, 15) is 9.59 Å². The monoisotopic (exact) mass is 155 g/mol. The lowest BCUT2D eigenvalue weighted by Gasteiger charge is -1.91. The molecule has 60 valence electrons. The number of amides is 1. The van der Waals surface area contributed by atoms with Crippen molar-refractivity contribution in [2.24, 2.45) is 0 Å². The normalized spacial score (nSPS) is 7.73. The third-order valence-electron chi connectivity index (χ3n) is 0.805. The predicted molar refractivity (Wildman–Crippen MR) is 39.1 cm³/mol. The zero-order valence-electron chi connectivity index (χ0n) is 6.18. The van der Waals surface area contributed by atoms with Crippen LogP contribution in [0.4, 0.5) is 4.79 Å². The minimum Gasteiger partial charge on any atom is -0.465 e. The Morgan fingerprint density at radius 3 is 2.64 bits per heavy atom. The van der Waals surface area contributed by atoms with Crippen LogP contribution in [-0.2, 0) is 4.79 Å². The highest BCUT2D eigenvalue weighted by Gasteiger charge is 1.97. The number of carboxylic acid groups (broad SMARTS) is 1. The Morgan fingerprint density at radius 2 is 2.18 bits per heavy atom. The van der Waals surface area contributed by atoms with Crippen molar-refractivity contribution in [3.8, 4) is 11.8 Å². The molecule has 0 spiro atoms. The first-order valence-corrected chi connectivity index (χ1v) is 3.15. The van der Waals surface area contributed by atoms with Crippen LogP contribution in [0.15, 0.2) is 0 Å². The first kappa shape index (κ1) is 9.50. The van der Waals surface area contributed by atoms with Crippen LogP contribution < -0.4 is 5.32 Å². The number of carbonyl (C=O) groups is 2. The van der Waals surface area contributed by atoms with Crippen molar-refractivity contribution in [1.82, 2.24) is 5.32 Å². The Hall–Kier alpha value is -1.50. The van der Waals surface area contributed by atoms with E-state index in [0.717, 1.165) is 0 Å². The second-order valence-electron chi connectivity index (χ2n) is 1.74. The molecule has 0 aliphatic heterocycles. The molecule has 0 saturated carbocycles. The molecule has 1 amide bonds. The molecule has 2 N–H and O–H groups in total. The zero-order chi connectivity index (χ0) is 8.69. The van der Waals surface area contributed by atoms with E-state index >= 15 is 0 Å². The number of hydrogen-bond acceptors (Lipinski definition) is 2. The van der Waals surface area contributed by atoms with Gasteiger partial charge in [-0.3, -0.25) is 4.79 Å². The van der Waals surface area contributed by atoms with Crippen molar-refractivity contribution in [3.63, 3.8) is 0 Å². The van der Waals surface area contributed by atoms with Crippen LogP contribution in [-0.4, -0.2) is 23.5 Å². The standard InChI is InChI=1S/C7H9NO3/c1-2-3-4-6(9)5-8-7(10)11/h8H,2,5H2,1H3,(H,10,11). The van der Waals surface area contributed by atoms with Gasteiger partial charge < -0.3 is 10.4 Å². The van der Waals surface area contributed by atoms with Crippen LogP contribution >= 0.6 is 0 Å². The highest BCUT2D eigenvalue weighted by atomic mass is 16.4. The maximum atomic E-state index is 10.6. The lowest BCUT2D eigenvalue weighted by Crippen LogP contribution is -2.26. The van der Waals surface area contributed by atoms with Gasteiger partial charge >= 0.3 is 6.09 Å². The molecule has 11 heavy (non-hydrogen) atoms. The van der Waals surface area contributed by atoms with Crippen LogP contribution in [0.5, 0.6) is 0 Å². The van der Waals surface area contributed by atoms with Gasteiger partial charge in [0.1, 0.15) is 0 Å². The molecule has 4 heteroatoms. The lowest BCUT2D eigenvalue weighted by atomic mass is 10.3. The molecule has 0 radical (unpaired) electrons. The fourth-order valence-electron chi connectivity index (χ4n) is 0.387. The number of carbonyl (C=O) groups excluding carboxylic acids is 1. The van der Waals surface area contributed by atoms with Crippen molar-refractivity contribution in [1.29, 1.82) is 0 Å². The predicted octanol–water partition coefficient (Wildman–Crippen LogP) is 0.237. The van der Waals surface area contributed by atoms with Crippen LogP contribution in [0.2, 0.25) is 0 Å². The quantitative estimate of drug-likeness (QED) is 0.443.